The van der Waals surface area contributed by atoms with Crippen LogP contribution in [0.1, 0.15) is 18.3 Å². The lowest BCUT2D eigenvalue weighted by Crippen LogP contribution is -2.16. The van der Waals surface area contributed by atoms with E-state index in [4.69, 9.17) is 0 Å². The molecule has 0 spiro atoms. The normalized spacial score (nSPS) is 10.2. The van der Waals surface area contributed by atoms with E-state index in [9.17, 15) is 9.59 Å². The van der Waals surface area contributed by atoms with E-state index in [0.29, 0.717) is 11.4 Å². The van der Waals surface area contributed by atoms with E-state index in [0.717, 1.165) is 11.4 Å². The van der Waals surface area contributed by atoms with Crippen LogP contribution in [0.2, 0.25) is 0 Å². The Morgan fingerprint density at radius 3 is 2.43 bits per heavy atom. The maximum atomic E-state index is 12.0. The summed E-state index contributed by atoms with van der Waals surface area (Å²) in [4.78, 5) is 23.1. The van der Waals surface area contributed by atoms with Crippen LogP contribution in [0.15, 0.2) is 30.3 Å². The van der Waals surface area contributed by atoms with Crippen LogP contribution in [0.25, 0.3) is 0 Å². The topological polar surface area (TPSA) is 76.0 Å². The fourth-order valence-corrected chi connectivity index (χ4v) is 2.08. The smallest absolute Gasteiger partial charge is 0.230 e. The molecule has 1 aromatic heterocycles. The van der Waals surface area contributed by atoms with Crippen molar-refractivity contribution in [3.63, 3.8) is 0 Å². The number of aryl methyl sites for hydroxylation is 2. The predicted octanol–water partition coefficient (Wildman–Crippen LogP) is 1.87. The number of carbonyl (C=O) groups is 2. The van der Waals surface area contributed by atoms with Crippen LogP contribution in [0.5, 0.6) is 0 Å². The van der Waals surface area contributed by atoms with Crippen LogP contribution in [-0.2, 0) is 23.1 Å². The molecular formula is C15H18N4O2. The third-order valence-corrected chi connectivity index (χ3v) is 2.91. The molecule has 21 heavy (non-hydrogen) atoms. The minimum Gasteiger partial charge on any atom is -0.326 e. The number of anilines is 2. The monoisotopic (exact) mass is 286 g/mol. The second kappa shape index (κ2) is 6.21. The fraction of sp³-hybridized carbons (Fsp3) is 0.267. The molecule has 6 nitrogen and oxygen atoms in total. The van der Waals surface area contributed by atoms with Crippen molar-refractivity contribution in [3.8, 4) is 0 Å². The van der Waals surface area contributed by atoms with E-state index in [1.165, 1.54) is 6.92 Å². The van der Waals surface area contributed by atoms with E-state index >= 15 is 0 Å². The molecule has 2 aromatic rings. The first kappa shape index (κ1) is 14.8. The molecule has 6 heteroatoms. The number of hydrogen-bond donors (Lipinski definition) is 2. The standard InChI is InChI=1S/C15H18N4O2/c1-10-7-14(19(3)18-10)9-15(21)17-13-6-4-5-12(8-13)16-11(2)20/h4-8H,9H2,1-3H3,(H,16,20)(H,17,21). The minimum absolute atomic E-state index is 0.127. The van der Waals surface area contributed by atoms with Crippen molar-refractivity contribution in [2.75, 3.05) is 10.6 Å². The second-order valence-electron chi connectivity index (χ2n) is 4.89. The average Bonchev–Trinajstić information content (AvgIpc) is 2.67. The highest BCUT2D eigenvalue weighted by molar-refractivity contribution is 5.94. The molecule has 0 bridgehead atoms. The average molecular weight is 286 g/mol. The summed E-state index contributed by atoms with van der Waals surface area (Å²) in [6.07, 6.45) is 0.252. The number of carbonyl (C=O) groups excluding carboxylic acids is 2. The van der Waals surface area contributed by atoms with Crippen LogP contribution >= 0.6 is 0 Å². The zero-order chi connectivity index (χ0) is 15.4. The summed E-state index contributed by atoms with van der Waals surface area (Å²) in [5, 5.41) is 9.69. The van der Waals surface area contributed by atoms with Gasteiger partial charge in [-0.2, -0.15) is 5.10 Å². The minimum atomic E-state index is -0.149. The van der Waals surface area contributed by atoms with Crippen molar-refractivity contribution >= 4 is 23.2 Å². The highest BCUT2D eigenvalue weighted by Crippen LogP contribution is 2.15. The Hall–Kier alpha value is -2.63. The number of rotatable bonds is 4. The van der Waals surface area contributed by atoms with Gasteiger partial charge in [-0.3, -0.25) is 14.3 Å². The van der Waals surface area contributed by atoms with E-state index in [2.05, 4.69) is 15.7 Å². The first-order valence-corrected chi connectivity index (χ1v) is 6.61. The summed E-state index contributed by atoms with van der Waals surface area (Å²) in [6, 6.07) is 8.91. The Bertz CT molecular complexity index is 676. The molecule has 1 heterocycles. The van der Waals surface area contributed by atoms with Gasteiger partial charge in [0.1, 0.15) is 0 Å². The second-order valence-corrected chi connectivity index (χ2v) is 4.89. The SMILES string of the molecule is CC(=O)Nc1cccc(NC(=O)Cc2cc(C)nn2C)c1. The molecule has 110 valence electrons. The lowest BCUT2D eigenvalue weighted by molar-refractivity contribution is -0.116. The summed E-state index contributed by atoms with van der Waals surface area (Å²) < 4.78 is 1.70. The van der Waals surface area contributed by atoms with E-state index in [1.807, 2.05) is 20.0 Å². The molecule has 0 aliphatic rings. The number of nitrogens with zero attached hydrogens (tertiary/aromatic N) is 2. The number of amides is 2. The highest BCUT2D eigenvalue weighted by atomic mass is 16.2. The molecule has 0 saturated heterocycles. The summed E-state index contributed by atoms with van der Waals surface area (Å²) >= 11 is 0. The van der Waals surface area contributed by atoms with Gasteiger partial charge in [0.15, 0.2) is 0 Å². The third kappa shape index (κ3) is 4.17. The Balaban J connectivity index is 2.02. The number of nitrogens with one attached hydrogen (secondary N) is 2. The van der Waals surface area contributed by atoms with Crippen LogP contribution in [0.4, 0.5) is 11.4 Å². The molecule has 0 atom stereocenters. The van der Waals surface area contributed by atoms with Gasteiger partial charge in [0.25, 0.3) is 0 Å². The Morgan fingerprint density at radius 1 is 1.19 bits per heavy atom. The molecule has 0 aliphatic heterocycles. The third-order valence-electron chi connectivity index (χ3n) is 2.91. The van der Waals surface area contributed by atoms with Crippen LogP contribution in [-0.4, -0.2) is 21.6 Å². The van der Waals surface area contributed by atoms with Gasteiger partial charge in [-0.25, -0.2) is 0 Å². The van der Waals surface area contributed by atoms with Gasteiger partial charge in [-0.05, 0) is 31.2 Å². The molecule has 2 amide bonds. The molecule has 2 rings (SSSR count). The summed E-state index contributed by atoms with van der Waals surface area (Å²) in [6.45, 7) is 3.33. The zero-order valence-corrected chi connectivity index (χ0v) is 12.3. The van der Waals surface area contributed by atoms with Crippen LogP contribution in [0, 0.1) is 6.92 Å². The molecule has 0 aliphatic carbocycles. The van der Waals surface area contributed by atoms with E-state index < -0.39 is 0 Å². The van der Waals surface area contributed by atoms with Crippen LogP contribution < -0.4 is 10.6 Å². The van der Waals surface area contributed by atoms with Gasteiger partial charge in [0, 0.05) is 31.0 Å². The molecule has 1 aromatic carbocycles. The van der Waals surface area contributed by atoms with Gasteiger partial charge in [0.2, 0.25) is 11.8 Å². The molecule has 0 radical (unpaired) electrons. The largest absolute Gasteiger partial charge is 0.326 e. The number of aromatic nitrogens is 2. The van der Waals surface area contributed by atoms with Gasteiger partial charge in [0.05, 0.1) is 12.1 Å². The first-order chi connectivity index (χ1) is 9.94. The van der Waals surface area contributed by atoms with Crippen molar-refractivity contribution in [1.82, 2.24) is 9.78 Å². The van der Waals surface area contributed by atoms with Gasteiger partial charge >= 0.3 is 0 Å². The van der Waals surface area contributed by atoms with Crippen LogP contribution in [0.3, 0.4) is 0 Å². The Morgan fingerprint density at radius 2 is 1.86 bits per heavy atom. The summed E-state index contributed by atoms with van der Waals surface area (Å²) in [5.74, 6) is -0.276. The Kier molecular flexibility index (Phi) is 4.37. The van der Waals surface area contributed by atoms with E-state index in [-0.39, 0.29) is 18.2 Å². The highest BCUT2D eigenvalue weighted by Gasteiger charge is 2.09. The molecule has 0 saturated carbocycles. The predicted molar refractivity (Wildman–Crippen MR) is 81.0 cm³/mol. The zero-order valence-electron chi connectivity index (χ0n) is 12.3. The maximum absolute atomic E-state index is 12.0. The lowest BCUT2D eigenvalue weighted by Gasteiger charge is -2.08. The molecule has 0 unspecified atom stereocenters. The van der Waals surface area contributed by atoms with Crippen molar-refractivity contribution in [2.45, 2.75) is 20.3 Å². The lowest BCUT2D eigenvalue weighted by atomic mass is 10.2. The Labute approximate surface area is 123 Å². The van der Waals surface area contributed by atoms with Crippen molar-refractivity contribution < 1.29 is 9.59 Å². The maximum Gasteiger partial charge on any atom is 0.230 e. The fourth-order valence-electron chi connectivity index (χ4n) is 2.08. The van der Waals surface area contributed by atoms with Crippen molar-refractivity contribution in [3.05, 3.63) is 41.7 Å². The van der Waals surface area contributed by atoms with Gasteiger partial charge in [-0.1, -0.05) is 6.07 Å². The molecular weight excluding hydrogens is 268 g/mol. The van der Waals surface area contributed by atoms with Gasteiger partial charge < -0.3 is 10.6 Å². The van der Waals surface area contributed by atoms with E-state index in [1.54, 1.807) is 28.9 Å². The van der Waals surface area contributed by atoms with Gasteiger partial charge in [-0.15, -0.1) is 0 Å². The van der Waals surface area contributed by atoms with Crippen molar-refractivity contribution in [1.29, 1.82) is 0 Å². The first-order valence-electron chi connectivity index (χ1n) is 6.61. The molecule has 2 N–H and O–H groups in total. The number of benzene rings is 1. The molecule has 0 fully saturated rings. The quantitative estimate of drug-likeness (QED) is 0.901. The summed E-state index contributed by atoms with van der Waals surface area (Å²) in [5.41, 5.74) is 3.03. The summed E-state index contributed by atoms with van der Waals surface area (Å²) in [7, 11) is 1.81. The van der Waals surface area contributed by atoms with Crippen molar-refractivity contribution in [2.24, 2.45) is 7.05 Å². The number of hydrogen-bond acceptors (Lipinski definition) is 3.